The van der Waals surface area contributed by atoms with Crippen molar-refractivity contribution in [1.82, 2.24) is 15.5 Å². The van der Waals surface area contributed by atoms with Crippen LogP contribution >= 0.6 is 24.0 Å². The van der Waals surface area contributed by atoms with Crippen LogP contribution in [0.15, 0.2) is 29.3 Å². The number of nitrogens with one attached hydrogen (secondary N) is 2. The fourth-order valence-corrected chi connectivity index (χ4v) is 2.41. The Morgan fingerprint density at radius 2 is 2.04 bits per heavy atom. The third-order valence-electron chi connectivity index (χ3n) is 3.72. The topological polar surface area (TPSA) is 48.9 Å². The van der Waals surface area contributed by atoms with Gasteiger partial charge in [-0.1, -0.05) is 29.8 Å². The van der Waals surface area contributed by atoms with Gasteiger partial charge in [-0.3, -0.25) is 0 Å². The Kier molecular flexibility index (Phi) is 9.50. The van der Waals surface area contributed by atoms with Crippen molar-refractivity contribution >= 4 is 29.9 Å². The summed E-state index contributed by atoms with van der Waals surface area (Å²) in [6, 6.07) is 8.50. The molecule has 0 saturated carbocycles. The fourth-order valence-electron chi connectivity index (χ4n) is 2.41. The van der Waals surface area contributed by atoms with Crippen molar-refractivity contribution < 1.29 is 4.74 Å². The lowest BCUT2D eigenvalue weighted by Crippen LogP contribution is -2.48. The molecule has 1 aliphatic rings. The number of halogens is 1. The van der Waals surface area contributed by atoms with Crippen molar-refractivity contribution in [1.29, 1.82) is 0 Å². The Hall–Kier alpha value is -0.860. The Morgan fingerprint density at radius 3 is 2.70 bits per heavy atom. The molecule has 2 N–H and O–H groups in total. The predicted octanol–water partition coefficient (Wildman–Crippen LogP) is 2.00. The smallest absolute Gasteiger partial charge is 0.191 e. The van der Waals surface area contributed by atoms with Gasteiger partial charge in [-0.25, -0.2) is 4.99 Å². The highest BCUT2D eigenvalue weighted by Crippen LogP contribution is 2.04. The van der Waals surface area contributed by atoms with Gasteiger partial charge in [-0.2, -0.15) is 0 Å². The second-order valence-corrected chi connectivity index (χ2v) is 5.82. The molecule has 1 aromatic carbocycles. The molecule has 0 spiro atoms. The van der Waals surface area contributed by atoms with Gasteiger partial charge in [0.15, 0.2) is 5.96 Å². The Labute approximate surface area is 156 Å². The monoisotopic (exact) mass is 432 g/mol. The van der Waals surface area contributed by atoms with Crippen LogP contribution in [0, 0.1) is 6.92 Å². The Morgan fingerprint density at radius 1 is 1.30 bits per heavy atom. The van der Waals surface area contributed by atoms with Crippen LogP contribution in [0.25, 0.3) is 0 Å². The van der Waals surface area contributed by atoms with Crippen LogP contribution in [0.1, 0.15) is 18.1 Å². The maximum atomic E-state index is 5.77. The second kappa shape index (κ2) is 10.8. The highest BCUT2D eigenvalue weighted by atomic mass is 127. The molecular weight excluding hydrogens is 403 g/mol. The highest BCUT2D eigenvalue weighted by Gasteiger charge is 2.17. The van der Waals surface area contributed by atoms with Crippen molar-refractivity contribution in [2.45, 2.75) is 26.5 Å². The van der Waals surface area contributed by atoms with E-state index in [2.05, 4.69) is 65.7 Å². The van der Waals surface area contributed by atoms with Gasteiger partial charge >= 0.3 is 0 Å². The molecule has 0 aliphatic carbocycles. The molecule has 2 rings (SSSR count). The van der Waals surface area contributed by atoms with Gasteiger partial charge in [0.1, 0.15) is 0 Å². The number of aliphatic imine (C=N–C) groups is 1. The molecule has 130 valence electrons. The Bertz CT molecular complexity index is 478. The summed E-state index contributed by atoms with van der Waals surface area (Å²) in [5, 5.41) is 6.66. The number of nitrogens with zero attached hydrogens (tertiary/aromatic N) is 2. The molecule has 1 heterocycles. The quantitative estimate of drug-likeness (QED) is 0.425. The van der Waals surface area contributed by atoms with Crippen LogP contribution in [-0.2, 0) is 11.3 Å². The number of benzene rings is 1. The summed E-state index contributed by atoms with van der Waals surface area (Å²) in [5.74, 6) is 0.847. The van der Waals surface area contributed by atoms with E-state index < -0.39 is 0 Å². The first-order valence-electron chi connectivity index (χ1n) is 8.05. The minimum Gasteiger partial charge on any atom is -0.374 e. The minimum absolute atomic E-state index is 0. The van der Waals surface area contributed by atoms with Crippen LogP contribution in [0.4, 0.5) is 0 Å². The number of morpholine rings is 1. The molecular formula is C17H29IN4O. The zero-order valence-corrected chi connectivity index (χ0v) is 16.7. The molecule has 1 fully saturated rings. The van der Waals surface area contributed by atoms with E-state index in [1.165, 1.54) is 11.1 Å². The summed E-state index contributed by atoms with van der Waals surface area (Å²) in [5.41, 5.74) is 2.49. The van der Waals surface area contributed by atoms with E-state index in [1.807, 2.05) is 0 Å². The zero-order chi connectivity index (χ0) is 15.8. The fraction of sp³-hybridized carbons (Fsp3) is 0.588. The normalized spacial score (nSPS) is 19.1. The van der Waals surface area contributed by atoms with Gasteiger partial charge in [0.05, 0.1) is 19.3 Å². The van der Waals surface area contributed by atoms with Gasteiger partial charge in [-0.05, 0) is 26.5 Å². The van der Waals surface area contributed by atoms with Crippen molar-refractivity contribution in [2.24, 2.45) is 4.99 Å². The molecule has 1 unspecified atom stereocenters. The summed E-state index contributed by atoms with van der Waals surface area (Å²) in [6.45, 7) is 9.27. The van der Waals surface area contributed by atoms with E-state index in [9.17, 15) is 0 Å². The van der Waals surface area contributed by atoms with Gasteiger partial charge in [0, 0.05) is 26.2 Å². The summed E-state index contributed by atoms with van der Waals surface area (Å²) < 4.78 is 5.77. The van der Waals surface area contributed by atoms with Crippen molar-refractivity contribution in [2.75, 3.05) is 39.8 Å². The van der Waals surface area contributed by atoms with E-state index in [0.717, 1.165) is 38.7 Å². The third-order valence-corrected chi connectivity index (χ3v) is 3.72. The van der Waals surface area contributed by atoms with Crippen molar-refractivity contribution in [3.63, 3.8) is 0 Å². The number of hydrogen-bond acceptors (Lipinski definition) is 3. The van der Waals surface area contributed by atoms with Gasteiger partial charge < -0.3 is 20.3 Å². The van der Waals surface area contributed by atoms with Crippen molar-refractivity contribution in [3.05, 3.63) is 35.4 Å². The van der Waals surface area contributed by atoms with E-state index in [-0.39, 0.29) is 30.1 Å². The maximum Gasteiger partial charge on any atom is 0.191 e. The van der Waals surface area contributed by atoms with Crippen LogP contribution < -0.4 is 10.6 Å². The Balaban J connectivity index is 0.00000264. The van der Waals surface area contributed by atoms with Crippen LogP contribution in [0.2, 0.25) is 0 Å². The number of guanidine groups is 1. The lowest BCUT2D eigenvalue weighted by Gasteiger charge is -2.30. The average Bonchev–Trinajstić information content (AvgIpc) is 2.52. The number of aryl methyl sites for hydroxylation is 1. The molecule has 6 heteroatoms. The molecule has 0 radical (unpaired) electrons. The van der Waals surface area contributed by atoms with Crippen LogP contribution in [-0.4, -0.2) is 56.8 Å². The van der Waals surface area contributed by atoms with Gasteiger partial charge in [0.25, 0.3) is 0 Å². The third kappa shape index (κ3) is 7.50. The SMILES string of the molecule is CCNC(=NCc1ccc(C)cc1)NCC1CN(C)CCO1.I. The highest BCUT2D eigenvalue weighted by molar-refractivity contribution is 14.0. The first-order valence-corrected chi connectivity index (χ1v) is 8.05. The van der Waals surface area contributed by atoms with Crippen LogP contribution in [0.3, 0.4) is 0 Å². The molecule has 1 atom stereocenters. The summed E-state index contributed by atoms with van der Waals surface area (Å²) in [7, 11) is 2.13. The lowest BCUT2D eigenvalue weighted by molar-refractivity contribution is -0.0161. The zero-order valence-electron chi connectivity index (χ0n) is 14.3. The molecule has 5 nitrogen and oxygen atoms in total. The average molecular weight is 432 g/mol. The summed E-state index contributed by atoms with van der Waals surface area (Å²) in [4.78, 5) is 6.94. The first kappa shape index (κ1) is 20.2. The minimum atomic E-state index is 0. The van der Waals surface area contributed by atoms with E-state index in [4.69, 9.17) is 4.74 Å². The maximum absolute atomic E-state index is 5.77. The molecule has 23 heavy (non-hydrogen) atoms. The largest absolute Gasteiger partial charge is 0.374 e. The molecule has 1 aromatic rings. The van der Waals surface area contributed by atoms with Crippen LogP contribution in [0.5, 0.6) is 0 Å². The van der Waals surface area contributed by atoms with Crippen molar-refractivity contribution in [3.8, 4) is 0 Å². The number of likely N-dealkylation sites (N-methyl/N-ethyl adjacent to an activating group) is 1. The van der Waals surface area contributed by atoms with Gasteiger partial charge in [0.2, 0.25) is 0 Å². The number of ether oxygens (including phenoxy) is 1. The number of hydrogen-bond donors (Lipinski definition) is 2. The number of rotatable bonds is 5. The standard InChI is InChI=1S/C17H28N4O.HI/c1-4-18-17(19-11-15-7-5-14(2)6-8-15)20-12-16-13-21(3)9-10-22-16;/h5-8,16H,4,9-13H2,1-3H3,(H2,18,19,20);1H. The lowest BCUT2D eigenvalue weighted by atomic mass is 10.1. The predicted molar refractivity (Wildman–Crippen MR) is 107 cm³/mol. The molecule has 0 amide bonds. The van der Waals surface area contributed by atoms with E-state index in [0.29, 0.717) is 6.54 Å². The summed E-state index contributed by atoms with van der Waals surface area (Å²) >= 11 is 0. The second-order valence-electron chi connectivity index (χ2n) is 5.82. The molecule has 0 aromatic heterocycles. The summed E-state index contributed by atoms with van der Waals surface area (Å²) in [6.07, 6.45) is 0.224. The van der Waals surface area contributed by atoms with E-state index in [1.54, 1.807) is 0 Å². The molecule has 0 bridgehead atoms. The first-order chi connectivity index (χ1) is 10.7. The molecule has 1 saturated heterocycles. The van der Waals surface area contributed by atoms with E-state index >= 15 is 0 Å². The van der Waals surface area contributed by atoms with Gasteiger partial charge in [-0.15, -0.1) is 24.0 Å². The molecule has 1 aliphatic heterocycles.